The Bertz CT molecular complexity index is 715. The van der Waals surface area contributed by atoms with Crippen LogP contribution in [0.3, 0.4) is 0 Å². The number of anilines is 2. The van der Waals surface area contributed by atoms with Crippen LogP contribution in [0.25, 0.3) is 0 Å². The molecular weight excluding hydrogens is 272 g/mol. The molecule has 0 aliphatic carbocycles. The first-order valence-electron chi connectivity index (χ1n) is 4.75. The summed E-state index contributed by atoms with van der Waals surface area (Å²) in [5, 5.41) is 10.7. The van der Waals surface area contributed by atoms with Crippen LogP contribution in [-0.2, 0) is 10.0 Å². The summed E-state index contributed by atoms with van der Waals surface area (Å²) in [7, 11) is -3.82. The standard InChI is InChI=1S/C10H8N4O2S2/c11-6-7-3-5-17-10(7)14-18(15,16)8-2-1-4-13-9(8)12/h1-5,14H,(H2,12,13). The Balaban J connectivity index is 2.41. The van der Waals surface area contributed by atoms with Gasteiger partial charge in [0.25, 0.3) is 10.0 Å². The molecule has 0 unspecified atom stereocenters. The number of aromatic nitrogens is 1. The van der Waals surface area contributed by atoms with Crippen molar-refractivity contribution in [1.29, 1.82) is 5.26 Å². The summed E-state index contributed by atoms with van der Waals surface area (Å²) in [6, 6.07) is 6.27. The third-order valence-electron chi connectivity index (χ3n) is 2.10. The van der Waals surface area contributed by atoms with E-state index in [4.69, 9.17) is 11.0 Å². The summed E-state index contributed by atoms with van der Waals surface area (Å²) in [5.41, 5.74) is 5.78. The normalized spacial score (nSPS) is 10.8. The number of nitrogen functional groups attached to an aromatic ring is 1. The van der Waals surface area contributed by atoms with Gasteiger partial charge < -0.3 is 5.73 Å². The van der Waals surface area contributed by atoms with Crippen LogP contribution in [0.15, 0.2) is 34.7 Å². The van der Waals surface area contributed by atoms with Crippen LogP contribution >= 0.6 is 11.3 Å². The second kappa shape index (κ2) is 4.64. The molecule has 0 fully saturated rings. The molecule has 0 spiro atoms. The predicted octanol–water partition coefficient (Wildman–Crippen LogP) is 1.40. The molecule has 2 aromatic heterocycles. The van der Waals surface area contributed by atoms with E-state index in [0.717, 1.165) is 11.3 Å². The molecule has 0 aliphatic rings. The van der Waals surface area contributed by atoms with Crippen LogP contribution in [0.1, 0.15) is 5.56 Å². The molecule has 2 heterocycles. The topological polar surface area (TPSA) is 109 Å². The smallest absolute Gasteiger partial charge is 0.266 e. The number of nitrogens with two attached hydrogens (primary N) is 1. The number of hydrogen-bond donors (Lipinski definition) is 2. The minimum atomic E-state index is -3.82. The highest BCUT2D eigenvalue weighted by Crippen LogP contribution is 2.26. The Kier molecular flexibility index (Phi) is 3.18. The van der Waals surface area contributed by atoms with E-state index in [9.17, 15) is 8.42 Å². The first-order chi connectivity index (χ1) is 8.54. The summed E-state index contributed by atoms with van der Waals surface area (Å²) in [6.45, 7) is 0. The van der Waals surface area contributed by atoms with Crippen LogP contribution in [-0.4, -0.2) is 13.4 Å². The van der Waals surface area contributed by atoms with Crippen molar-refractivity contribution >= 4 is 32.2 Å². The minimum absolute atomic E-state index is 0.0833. The van der Waals surface area contributed by atoms with Gasteiger partial charge in [0.15, 0.2) is 0 Å². The molecule has 92 valence electrons. The number of nitrogens with one attached hydrogen (secondary N) is 1. The van der Waals surface area contributed by atoms with Gasteiger partial charge >= 0.3 is 0 Å². The molecular formula is C10H8N4O2S2. The molecule has 0 saturated carbocycles. The number of pyridine rings is 1. The molecule has 0 radical (unpaired) electrons. The number of sulfonamides is 1. The lowest BCUT2D eigenvalue weighted by Crippen LogP contribution is -2.15. The Morgan fingerprint density at radius 1 is 1.44 bits per heavy atom. The van der Waals surface area contributed by atoms with Crippen LogP contribution in [0, 0.1) is 11.3 Å². The van der Waals surface area contributed by atoms with Crippen molar-refractivity contribution in [3.63, 3.8) is 0 Å². The van der Waals surface area contributed by atoms with Gasteiger partial charge in [0.2, 0.25) is 0 Å². The van der Waals surface area contributed by atoms with Crippen molar-refractivity contribution in [3.05, 3.63) is 35.3 Å². The summed E-state index contributed by atoms with van der Waals surface area (Å²) in [6.07, 6.45) is 1.40. The van der Waals surface area contributed by atoms with Crippen LogP contribution in [0.2, 0.25) is 0 Å². The van der Waals surface area contributed by atoms with Gasteiger partial charge in [0.1, 0.15) is 21.8 Å². The number of nitriles is 1. The summed E-state index contributed by atoms with van der Waals surface area (Å²) in [5.74, 6) is -0.0833. The van der Waals surface area contributed by atoms with Crippen molar-refractivity contribution < 1.29 is 8.42 Å². The average Bonchev–Trinajstić information content (AvgIpc) is 2.76. The molecule has 0 aliphatic heterocycles. The highest BCUT2D eigenvalue weighted by molar-refractivity contribution is 7.93. The Labute approximate surface area is 108 Å². The molecule has 0 aromatic carbocycles. The quantitative estimate of drug-likeness (QED) is 0.883. The molecule has 3 N–H and O–H groups in total. The number of thiophene rings is 1. The van der Waals surface area contributed by atoms with Gasteiger partial charge in [-0.15, -0.1) is 11.3 Å². The van der Waals surface area contributed by atoms with Gasteiger partial charge in [0, 0.05) is 6.20 Å². The van der Waals surface area contributed by atoms with E-state index in [1.807, 2.05) is 6.07 Å². The van der Waals surface area contributed by atoms with Crippen molar-refractivity contribution in [1.82, 2.24) is 4.98 Å². The molecule has 2 aromatic rings. The van der Waals surface area contributed by atoms with Gasteiger partial charge in [-0.25, -0.2) is 13.4 Å². The molecule has 18 heavy (non-hydrogen) atoms. The molecule has 2 rings (SSSR count). The zero-order valence-electron chi connectivity index (χ0n) is 8.99. The Morgan fingerprint density at radius 2 is 2.22 bits per heavy atom. The molecule has 0 bridgehead atoms. The Morgan fingerprint density at radius 3 is 2.89 bits per heavy atom. The maximum Gasteiger partial charge on any atom is 0.266 e. The summed E-state index contributed by atoms with van der Waals surface area (Å²) < 4.78 is 26.4. The number of rotatable bonds is 3. The predicted molar refractivity (Wildman–Crippen MR) is 68.5 cm³/mol. The molecule has 0 amide bonds. The number of nitrogens with zero attached hydrogens (tertiary/aromatic N) is 2. The minimum Gasteiger partial charge on any atom is -0.383 e. The van der Waals surface area contributed by atoms with Crippen molar-refractivity contribution in [2.24, 2.45) is 0 Å². The van der Waals surface area contributed by atoms with E-state index < -0.39 is 10.0 Å². The largest absolute Gasteiger partial charge is 0.383 e. The van der Waals surface area contributed by atoms with Gasteiger partial charge in [-0.3, -0.25) is 4.72 Å². The van der Waals surface area contributed by atoms with Crippen LogP contribution in [0.4, 0.5) is 10.8 Å². The fourth-order valence-electron chi connectivity index (χ4n) is 1.28. The average molecular weight is 280 g/mol. The summed E-state index contributed by atoms with van der Waals surface area (Å²) >= 11 is 1.13. The van der Waals surface area contributed by atoms with Gasteiger partial charge in [-0.1, -0.05) is 0 Å². The third-order valence-corrected chi connectivity index (χ3v) is 4.46. The van der Waals surface area contributed by atoms with E-state index in [1.54, 1.807) is 5.38 Å². The lowest BCUT2D eigenvalue weighted by atomic mass is 10.4. The highest BCUT2D eigenvalue weighted by Gasteiger charge is 2.19. The van der Waals surface area contributed by atoms with Gasteiger partial charge in [-0.05, 0) is 23.6 Å². The monoisotopic (exact) mass is 280 g/mol. The van der Waals surface area contributed by atoms with Crippen molar-refractivity contribution in [3.8, 4) is 6.07 Å². The maximum atomic E-state index is 12.1. The van der Waals surface area contributed by atoms with Gasteiger partial charge in [0.05, 0.1) is 5.56 Å². The molecule has 0 atom stereocenters. The third kappa shape index (κ3) is 2.27. The zero-order valence-corrected chi connectivity index (χ0v) is 10.6. The lowest BCUT2D eigenvalue weighted by molar-refractivity contribution is 0.601. The highest BCUT2D eigenvalue weighted by atomic mass is 32.2. The van der Waals surface area contributed by atoms with Gasteiger partial charge in [-0.2, -0.15) is 5.26 Å². The van der Waals surface area contributed by atoms with E-state index in [2.05, 4.69) is 9.71 Å². The molecule has 0 saturated heterocycles. The van der Waals surface area contributed by atoms with E-state index >= 15 is 0 Å². The van der Waals surface area contributed by atoms with Crippen LogP contribution < -0.4 is 10.5 Å². The van der Waals surface area contributed by atoms with E-state index in [1.165, 1.54) is 24.4 Å². The SMILES string of the molecule is N#Cc1ccsc1NS(=O)(=O)c1cccnc1N. The van der Waals surface area contributed by atoms with E-state index in [-0.39, 0.29) is 21.3 Å². The van der Waals surface area contributed by atoms with Crippen LogP contribution in [0.5, 0.6) is 0 Å². The first kappa shape index (κ1) is 12.3. The molecule has 8 heteroatoms. The number of hydrogen-bond acceptors (Lipinski definition) is 6. The second-order valence-electron chi connectivity index (χ2n) is 3.27. The molecule has 6 nitrogen and oxygen atoms in total. The fraction of sp³-hybridized carbons (Fsp3) is 0. The summed E-state index contributed by atoms with van der Waals surface area (Å²) in [4.78, 5) is 3.61. The zero-order chi connectivity index (χ0) is 13.2. The fourth-order valence-corrected chi connectivity index (χ4v) is 3.44. The maximum absolute atomic E-state index is 12.1. The van der Waals surface area contributed by atoms with Crippen molar-refractivity contribution in [2.45, 2.75) is 4.90 Å². The van der Waals surface area contributed by atoms with Crippen molar-refractivity contribution in [2.75, 3.05) is 10.5 Å². The second-order valence-corrected chi connectivity index (χ2v) is 5.83. The van der Waals surface area contributed by atoms with E-state index in [0.29, 0.717) is 0 Å². The lowest BCUT2D eigenvalue weighted by Gasteiger charge is -2.07. The Hall–Kier alpha value is -2.11. The first-order valence-corrected chi connectivity index (χ1v) is 7.12.